The molecule has 0 heterocycles. The van der Waals surface area contributed by atoms with Crippen molar-refractivity contribution in [1.29, 1.82) is 0 Å². The summed E-state index contributed by atoms with van der Waals surface area (Å²) in [7, 11) is 1.72. The fourth-order valence-electron chi connectivity index (χ4n) is 1.58. The topological polar surface area (TPSA) is 21.3 Å². The van der Waals surface area contributed by atoms with Gasteiger partial charge in [-0.15, -0.1) is 0 Å². The minimum Gasteiger partial charge on any atom is -0.370 e. The summed E-state index contributed by atoms with van der Waals surface area (Å²) in [5.41, 5.74) is 0. The first kappa shape index (κ1) is 8.02. The minimum absolute atomic E-state index is 0.705. The maximum absolute atomic E-state index is 4.89. The van der Waals surface area contributed by atoms with E-state index in [-0.39, 0.29) is 0 Å². The fourth-order valence-corrected chi connectivity index (χ4v) is 1.58. The third kappa shape index (κ3) is 2.67. The van der Waals surface area contributed by atoms with E-state index in [0.29, 0.717) is 6.73 Å². The monoisotopic (exact) mass is 143 g/mol. The van der Waals surface area contributed by atoms with Crippen molar-refractivity contribution in [3.8, 4) is 0 Å². The molecule has 1 aliphatic carbocycles. The van der Waals surface area contributed by atoms with Gasteiger partial charge in [-0.1, -0.05) is 12.8 Å². The quantitative estimate of drug-likeness (QED) is 0.474. The molecule has 1 aliphatic rings. The average molecular weight is 143 g/mol. The molecular formula is C8H17NO. The van der Waals surface area contributed by atoms with Crippen LogP contribution >= 0.6 is 0 Å². The Morgan fingerprint density at radius 2 is 2.10 bits per heavy atom. The summed E-state index contributed by atoms with van der Waals surface area (Å²) in [4.78, 5) is 0. The highest BCUT2D eigenvalue weighted by molar-refractivity contribution is 4.68. The smallest absolute Gasteiger partial charge is 0.0961 e. The highest BCUT2D eigenvalue weighted by atomic mass is 16.5. The van der Waals surface area contributed by atoms with Crippen LogP contribution in [-0.4, -0.2) is 20.4 Å². The van der Waals surface area contributed by atoms with Crippen LogP contribution in [0.1, 0.15) is 25.7 Å². The Hall–Kier alpha value is -0.0800. The van der Waals surface area contributed by atoms with Gasteiger partial charge in [0, 0.05) is 13.7 Å². The minimum atomic E-state index is 0.705. The summed E-state index contributed by atoms with van der Waals surface area (Å²) in [5.74, 6) is 0.926. The summed E-state index contributed by atoms with van der Waals surface area (Å²) in [6, 6.07) is 0. The molecule has 1 N–H and O–H groups in total. The van der Waals surface area contributed by atoms with Crippen LogP contribution < -0.4 is 5.32 Å². The highest BCUT2D eigenvalue weighted by Gasteiger charge is 2.13. The van der Waals surface area contributed by atoms with Gasteiger partial charge < -0.3 is 4.74 Å². The Kier molecular flexibility index (Phi) is 3.76. The van der Waals surface area contributed by atoms with Crippen LogP contribution in [0.5, 0.6) is 0 Å². The second kappa shape index (κ2) is 4.69. The van der Waals surface area contributed by atoms with Crippen LogP contribution in [-0.2, 0) is 4.74 Å². The molecule has 2 nitrogen and oxygen atoms in total. The van der Waals surface area contributed by atoms with E-state index >= 15 is 0 Å². The Balaban J connectivity index is 1.91. The van der Waals surface area contributed by atoms with Crippen LogP contribution in [0, 0.1) is 5.92 Å². The van der Waals surface area contributed by atoms with E-state index in [4.69, 9.17) is 4.74 Å². The second-order valence-corrected chi connectivity index (χ2v) is 3.04. The van der Waals surface area contributed by atoms with Crippen molar-refractivity contribution in [3.05, 3.63) is 0 Å². The summed E-state index contributed by atoms with van der Waals surface area (Å²) >= 11 is 0. The summed E-state index contributed by atoms with van der Waals surface area (Å²) in [6.45, 7) is 1.85. The Morgan fingerprint density at radius 3 is 2.70 bits per heavy atom. The predicted molar refractivity (Wildman–Crippen MR) is 41.8 cm³/mol. The number of hydrogen-bond acceptors (Lipinski definition) is 2. The van der Waals surface area contributed by atoms with Gasteiger partial charge in [0.1, 0.15) is 0 Å². The van der Waals surface area contributed by atoms with Crippen LogP contribution in [0.25, 0.3) is 0 Å². The molecule has 1 fully saturated rings. The van der Waals surface area contributed by atoms with Crippen molar-refractivity contribution >= 4 is 0 Å². The van der Waals surface area contributed by atoms with Crippen LogP contribution in [0.3, 0.4) is 0 Å². The van der Waals surface area contributed by atoms with E-state index in [0.717, 1.165) is 12.5 Å². The zero-order valence-electron chi connectivity index (χ0n) is 6.73. The lowest BCUT2D eigenvalue weighted by Crippen LogP contribution is -2.23. The van der Waals surface area contributed by atoms with E-state index in [1.54, 1.807) is 7.11 Å². The number of rotatable bonds is 4. The molecular weight excluding hydrogens is 126 g/mol. The zero-order chi connectivity index (χ0) is 7.23. The van der Waals surface area contributed by atoms with E-state index in [9.17, 15) is 0 Å². The largest absolute Gasteiger partial charge is 0.370 e. The van der Waals surface area contributed by atoms with Gasteiger partial charge in [0.15, 0.2) is 0 Å². The van der Waals surface area contributed by atoms with E-state index in [1.165, 1.54) is 25.7 Å². The highest BCUT2D eigenvalue weighted by Crippen LogP contribution is 2.23. The molecule has 0 spiro atoms. The van der Waals surface area contributed by atoms with Gasteiger partial charge in [0.25, 0.3) is 0 Å². The van der Waals surface area contributed by atoms with E-state index in [1.807, 2.05) is 0 Å². The molecule has 1 saturated carbocycles. The molecule has 60 valence electrons. The third-order valence-electron chi connectivity index (χ3n) is 2.15. The summed E-state index contributed by atoms with van der Waals surface area (Å²) < 4.78 is 4.89. The molecule has 0 aliphatic heterocycles. The third-order valence-corrected chi connectivity index (χ3v) is 2.15. The molecule has 0 radical (unpaired) electrons. The van der Waals surface area contributed by atoms with Crippen LogP contribution in [0.15, 0.2) is 0 Å². The molecule has 2 heteroatoms. The van der Waals surface area contributed by atoms with Gasteiger partial charge >= 0.3 is 0 Å². The lowest BCUT2D eigenvalue weighted by atomic mass is 10.1. The zero-order valence-corrected chi connectivity index (χ0v) is 6.73. The molecule has 10 heavy (non-hydrogen) atoms. The number of nitrogens with one attached hydrogen (secondary N) is 1. The van der Waals surface area contributed by atoms with Crippen molar-refractivity contribution < 1.29 is 4.74 Å². The molecule has 1 rings (SSSR count). The van der Waals surface area contributed by atoms with Crippen molar-refractivity contribution in [1.82, 2.24) is 5.32 Å². The van der Waals surface area contributed by atoms with Crippen molar-refractivity contribution in [2.45, 2.75) is 25.7 Å². The molecule has 0 saturated heterocycles. The average Bonchev–Trinajstić information content (AvgIpc) is 2.41. The van der Waals surface area contributed by atoms with E-state index < -0.39 is 0 Å². The van der Waals surface area contributed by atoms with Crippen molar-refractivity contribution in [2.24, 2.45) is 5.92 Å². The van der Waals surface area contributed by atoms with Crippen LogP contribution in [0.2, 0.25) is 0 Å². The molecule has 0 aromatic heterocycles. The number of methoxy groups -OCH3 is 1. The normalized spacial score (nSPS) is 20.1. The summed E-state index contributed by atoms with van der Waals surface area (Å²) in [6.07, 6.45) is 5.69. The van der Waals surface area contributed by atoms with Crippen LogP contribution in [0.4, 0.5) is 0 Å². The number of hydrogen-bond donors (Lipinski definition) is 1. The first-order chi connectivity index (χ1) is 4.93. The standard InChI is InChI=1S/C8H17NO/c1-10-7-9-6-8-4-2-3-5-8/h8-9H,2-7H2,1H3. The van der Waals surface area contributed by atoms with Gasteiger partial charge in [0.2, 0.25) is 0 Å². The van der Waals surface area contributed by atoms with Gasteiger partial charge in [-0.3, -0.25) is 5.32 Å². The lowest BCUT2D eigenvalue weighted by Gasteiger charge is -2.08. The molecule has 0 aromatic carbocycles. The maximum atomic E-state index is 4.89. The summed E-state index contributed by atoms with van der Waals surface area (Å²) in [5, 5.41) is 3.25. The molecule has 0 atom stereocenters. The Labute approximate surface area is 63.0 Å². The second-order valence-electron chi connectivity index (χ2n) is 3.04. The Bertz CT molecular complexity index is 79.3. The lowest BCUT2D eigenvalue weighted by molar-refractivity contribution is 0.170. The first-order valence-electron chi connectivity index (χ1n) is 4.13. The molecule has 0 unspecified atom stereocenters. The first-order valence-corrected chi connectivity index (χ1v) is 4.13. The Morgan fingerprint density at radius 1 is 1.40 bits per heavy atom. The molecule has 0 bridgehead atoms. The molecule has 0 aromatic rings. The fraction of sp³-hybridized carbons (Fsp3) is 1.00. The molecule has 0 amide bonds. The van der Waals surface area contributed by atoms with Gasteiger partial charge in [-0.2, -0.15) is 0 Å². The van der Waals surface area contributed by atoms with Crippen molar-refractivity contribution in [3.63, 3.8) is 0 Å². The maximum Gasteiger partial charge on any atom is 0.0961 e. The number of ether oxygens (including phenoxy) is 1. The van der Waals surface area contributed by atoms with Gasteiger partial charge in [-0.25, -0.2) is 0 Å². The van der Waals surface area contributed by atoms with E-state index in [2.05, 4.69) is 5.32 Å². The van der Waals surface area contributed by atoms with Crippen molar-refractivity contribution in [2.75, 3.05) is 20.4 Å². The van der Waals surface area contributed by atoms with Gasteiger partial charge in [0.05, 0.1) is 6.73 Å². The predicted octanol–water partition coefficient (Wildman–Crippen LogP) is 1.37. The van der Waals surface area contributed by atoms with Gasteiger partial charge in [-0.05, 0) is 18.8 Å². The SMILES string of the molecule is COCNCC1CCCC1.